The molecule has 0 bridgehead atoms. The van der Waals surface area contributed by atoms with E-state index in [9.17, 15) is 8.42 Å². The Morgan fingerprint density at radius 3 is 2.96 bits per heavy atom. The molecule has 0 saturated carbocycles. The fraction of sp³-hybridized carbons (Fsp3) is 0.381. The van der Waals surface area contributed by atoms with E-state index in [0.717, 1.165) is 42.5 Å². The van der Waals surface area contributed by atoms with Crippen molar-refractivity contribution in [1.82, 2.24) is 13.9 Å². The number of hydrogen-bond donors (Lipinski definition) is 0. The van der Waals surface area contributed by atoms with Crippen molar-refractivity contribution in [3.63, 3.8) is 0 Å². The summed E-state index contributed by atoms with van der Waals surface area (Å²) in [6.07, 6.45) is 7.33. The van der Waals surface area contributed by atoms with E-state index in [2.05, 4.69) is 16.9 Å². The average molecular weight is 398 g/mol. The van der Waals surface area contributed by atoms with Crippen LogP contribution in [-0.2, 0) is 22.9 Å². The number of nitrogens with zero attached hydrogens (tertiary/aromatic N) is 3. The minimum absolute atomic E-state index is 0.229. The van der Waals surface area contributed by atoms with Gasteiger partial charge in [-0.25, -0.2) is 12.4 Å². The Morgan fingerprint density at radius 2 is 2.14 bits per heavy atom. The van der Waals surface area contributed by atoms with Crippen molar-refractivity contribution < 1.29 is 13.2 Å². The van der Waals surface area contributed by atoms with Gasteiger partial charge in [-0.05, 0) is 62.2 Å². The molecule has 1 fully saturated rings. The van der Waals surface area contributed by atoms with E-state index in [1.54, 1.807) is 30.6 Å². The summed E-state index contributed by atoms with van der Waals surface area (Å²) in [4.78, 5) is 7.09. The molecule has 146 valence electrons. The van der Waals surface area contributed by atoms with E-state index in [1.807, 2.05) is 12.1 Å². The standard InChI is InChI=1S/C21H23N3O3S/c1-23-11-4-6-17(23)13-16-14-24(18-7-3-10-22-20(16)18)28(25,26)19-8-2-5-15-9-12-27-21(15)19/h2-3,5,7-8,10,14,17H,4,6,9,11-13H2,1H3/t17-/m1/s1. The van der Waals surface area contributed by atoms with Crippen LogP contribution >= 0.6 is 0 Å². The zero-order valence-corrected chi connectivity index (χ0v) is 16.7. The molecule has 1 aromatic carbocycles. The molecule has 0 radical (unpaired) electrons. The van der Waals surface area contributed by atoms with Crippen LogP contribution in [0, 0.1) is 0 Å². The highest BCUT2D eigenvalue weighted by Crippen LogP contribution is 2.35. The van der Waals surface area contributed by atoms with E-state index in [-0.39, 0.29) is 4.90 Å². The number of likely N-dealkylation sites (N-methyl/N-ethyl adjacent to an activating group) is 1. The number of aromatic nitrogens is 2. The van der Waals surface area contributed by atoms with Crippen LogP contribution in [0.1, 0.15) is 24.0 Å². The molecule has 28 heavy (non-hydrogen) atoms. The maximum Gasteiger partial charge on any atom is 0.271 e. The number of para-hydroxylation sites is 1. The number of benzene rings is 1. The van der Waals surface area contributed by atoms with Crippen molar-refractivity contribution in [2.45, 2.75) is 36.6 Å². The molecule has 0 aliphatic carbocycles. The predicted octanol–water partition coefficient (Wildman–Crippen LogP) is 2.84. The molecule has 0 N–H and O–H groups in total. The van der Waals surface area contributed by atoms with Gasteiger partial charge in [-0.15, -0.1) is 0 Å². The summed E-state index contributed by atoms with van der Waals surface area (Å²) in [5.41, 5.74) is 3.31. The summed E-state index contributed by atoms with van der Waals surface area (Å²) in [6, 6.07) is 9.38. The fourth-order valence-corrected chi connectivity index (χ4v) is 5.99. The molecular weight excluding hydrogens is 374 g/mol. The van der Waals surface area contributed by atoms with Gasteiger partial charge >= 0.3 is 0 Å². The lowest BCUT2D eigenvalue weighted by atomic mass is 10.1. The Labute approximate surface area is 164 Å². The lowest BCUT2D eigenvalue weighted by molar-refractivity contribution is 0.309. The van der Waals surface area contributed by atoms with Gasteiger partial charge in [0.2, 0.25) is 0 Å². The van der Waals surface area contributed by atoms with Crippen molar-refractivity contribution in [1.29, 1.82) is 0 Å². The molecule has 0 amide bonds. The molecule has 7 heteroatoms. The van der Waals surface area contributed by atoms with Gasteiger partial charge in [0.1, 0.15) is 10.6 Å². The predicted molar refractivity (Wildman–Crippen MR) is 107 cm³/mol. The fourth-order valence-electron chi connectivity index (χ4n) is 4.43. The summed E-state index contributed by atoms with van der Waals surface area (Å²) >= 11 is 0. The Balaban J connectivity index is 1.64. The Morgan fingerprint density at radius 1 is 1.25 bits per heavy atom. The molecule has 5 rings (SSSR count). The van der Waals surface area contributed by atoms with E-state index in [1.165, 1.54) is 10.4 Å². The van der Waals surface area contributed by atoms with Crippen molar-refractivity contribution in [2.75, 3.05) is 20.2 Å². The smallest absolute Gasteiger partial charge is 0.271 e. The van der Waals surface area contributed by atoms with Crippen LogP contribution in [0.15, 0.2) is 47.6 Å². The van der Waals surface area contributed by atoms with Crippen LogP contribution < -0.4 is 4.74 Å². The highest BCUT2D eigenvalue weighted by Gasteiger charge is 2.30. The highest BCUT2D eigenvalue weighted by atomic mass is 32.2. The quantitative estimate of drug-likeness (QED) is 0.677. The Kier molecular flexibility index (Phi) is 4.17. The van der Waals surface area contributed by atoms with E-state index in [4.69, 9.17) is 4.74 Å². The molecule has 0 unspecified atom stereocenters. The second-order valence-corrected chi connectivity index (χ2v) is 9.43. The minimum atomic E-state index is -3.78. The first-order chi connectivity index (χ1) is 13.6. The summed E-state index contributed by atoms with van der Waals surface area (Å²) in [5, 5.41) is 0. The van der Waals surface area contributed by atoms with E-state index < -0.39 is 10.0 Å². The number of likely N-dealkylation sites (tertiary alicyclic amines) is 1. The molecule has 0 spiro atoms. The van der Waals surface area contributed by atoms with E-state index >= 15 is 0 Å². The lowest BCUT2D eigenvalue weighted by Gasteiger charge is -2.18. The van der Waals surface area contributed by atoms with Gasteiger partial charge in [0.15, 0.2) is 0 Å². The number of hydrogen-bond acceptors (Lipinski definition) is 5. The van der Waals surface area contributed by atoms with Gasteiger partial charge in [0, 0.05) is 24.9 Å². The van der Waals surface area contributed by atoms with Gasteiger partial charge in [0.25, 0.3) is 10.0 Å². The number of rotatable bonds is 4. The number of pyridine rings is 1. The third kappa shape index (κ3) is 2.72. The lowest BCUT2D eigenvalue weighted by Crippen LogP contribution is -2.26. The molecule has 6 nitrogen and oxygen atoms in total. The summed E-state index contributed by atoms with van der Waals surface area (Å²) in [5.74, 6) is 0.491. The monoisotopic (exact) mass is 397 g/mol. The molecular formula is C21H23N3O3S. The average Bonchev–Trinajstić information content (AvgIpc) is 3.41. The van der Waals surface area contributed by atoms with E-state index in [0.29, 0.717) is 23.9 Å². The zero-order chi connectivity index (χ0) is 19.3. The second kappa shape index (κ2) is 6.60. The highest BCUT2D eigenvalue weighted by molar-refractivity contribution is 7.90. The second-order valence-electron chi connectivity index (χ2n) is 7.65. The molecule has 1 saturated heterocycles. The topological polar surface area (TPSA) is 64.4 Å². The Bertz CT molecular complexity index is 1150. The molecule has 2 aromatic heterocycles. The van der Waals surface area contributed by atoms with Crippen LogP contribution in [0.3, 0.4) is 0 Å². The molecule has 2 aliphatic rings. The number of ether oxygens (including phenoxy) is 1. The third-order valence-corrected chi connectivity index (χ3v) is 7.64. The first kappa shape index (κ1) is 17.7. The van der Waals surface area contributed by atoms with Gasteiger partial charge in [-0.2, -0.15) is 0 Å². The van der Waals surface area contributed by atoms with Crippen LogP contribution in [0.25, 0.3) is 11.0 Å². The summed E-state index contributed by atoms with van der Waals surface area (Å²) in [7, 11) is -1.65. The molecule has 1 atom stereocenters. The van der Waals surface area contributed by atoms with Gasteiger partial charge < -0.3 is 9.64 Å². The van der Waals surface area contributed by atoms with Crippen molar-refractivity contribution in [2.24, 2.45) is 0 Å². The maximum absolute atomic E-state index is 13.6. The number of fused-ring (bicyclic) bond motifs is 2. The Hall–Kier alpha value is -2.38. The van der Waals surface area contributed by atoms with Gasteiger partial charge in [-0.1, -0.05) is 12.1 Å². The van der Waals surface area contributed by atoms with Crippen molar-refractivity contribution in [3.05, 3.63) is 53.9 Å². The van der Waals surface area contributed by atoms with Crippen LogP contribution in [0.2, 0.25) is 0 Å². The molecule has 2 aliphatic heterocycles. The molecule has 3 aromatic rings. The van der Waals surface area contributed by atoms with Gasteiger partial charge in [-0.3, -0.25) is 4.98 Å². The first-order valence-corrected chi connectivity index (χ1v) is 11.1. The third-order valence-electron chi connectivity index (χ3n) is 5.94. The summed E-state index contributed by atoms with van der Waals surface area (Å²) in [6.45, 7) is 1.61. The van der Waals surface area contributed by atoms with Crippen molar-refractivity contribution >= 4 is 21.1 Å². The maximum atomic E-state index is 13.6. The summed E-state index contributed by atoms with van der Waals surface area (Å²) < 4.78 is 34.2. The van der Waals surface area contributed by atoms with Gasteiger partial charge in [0.05, 0.1) is 17.6 Å². The van der Waals surface area contributed by atoms with Crippen LogP contribution in [-0.4, -0.2) is 48.5 Å². The largest absolute Gasteiger partial charge is 0.492 e. The SMILES string of the molecule is CN1CCC[C@@H]1Cc1cn(S(=O)(=O)c2cccc3c2OCC3)c2cccnc12. The molecule has 4 heterocycles. The van der Waals surface area contributed by atoms with Crippen LogP contribution in [0.4, 0.5) is 0 Å². The minimum Gasteiger partial charge on any atom is -0.492 e. The zero-order valence-electron chi connectivity index (χ0n) is 15.8. The first-order valence-electron chi connectivity index (χ1n) is 9.71. The normalized spacial score (nSPS) is 19.8. The van der Waals surface area contributed by atoms with Crippen LogP contribution in [0.5, 0.6) is 5.75 Å². The van der Waals surface area contributed by atoms with Crippen molar-refractivity contribution in [3.8, 4) is 5.75 Å².